The smallest absolute Gasteiger partial charge is 0.264 e. The number of nitrogens with zero attached hydrogens (tertiary/aromatic N) is 1. The van der Waals surface area contributed by atoms with Gasteiger partial charge in [0.2, 0.25) is 0 Å². The van der Waals surface area contributed by atoms with Crippen LogP contribution in [0.5, 0.6) is 11.5 Å². The molecule has 1 N–H and O–H groups in total. The van der Waals surface area contributed by atoms with Gasteiger partial charge in [0, 0.05) is 17.3 Å². The largest absolute Gasteiger partial charge is 0.483 e. The SMILES string of the molecule is CN(CCCS(=O)(=O)O)C1COc2cscc2O1. The first-order valence-corrected chi connectivity index (χ1v) is 8.02. The van der Waals surface area contributed by atoms with Crippen LogP contribution in [-0.2, 0) is 10.1 Å². The lowest BCUT2D eigenvalue weighted by Crippen LogP contribution is -2.43. The van der Waals surface area contributed by atoms with Crippen molar-refractivity contribution < 1.29 is 22.4 Å². The molecule has 1 aliphatic heterocycles. The van der Waals surface area contributed by atoms with Crippen molar-refractivity contribution in [2.45, 2.75) is 12.6 Å². The van der Waals surface area contributed by atoms with Crippen LogP contribution in [0.15, 0.2) is 10.8 Å². The van der Waals surface area contributed by atoms with Gasteiger partial charge in [0.15, 0.2) is 17.7 Å². The van der Waals surface area contributed by atoms with Crippen LogP contribution in [0.25, 0.3) is 0 Å². The molecule has 1 aromatic rings. The van der Waals surface area contributed by atoms with E-state index in [1.165, 1.54) is 11.3 Å². The van der Waals surface area contributed by atoms with Gasteiger partial charge in [-0.2, -0.15) is 8.42 Å². The van der Waals surface area contributed by atoms with E-state index in [2.05, 4.69) is 0 Å². The third-order valence-electron chi connectivity index (χ3n) is 2.64. The molecule has 0 spiro atoms. The Balaban J connectivity index is 1.82. The van der Waals surface area contributed by atoms with E-state index < -0.39 is 10.1 Å². The van der Waals surface area contributed by atoms with Crippen LogP contribution in [0, 0.1) is 0 Å². The Bertz CT molecular complexity index is 498. The molecule has 0 aromatic carbocycles. The maximum absolute atomic E-state index is 10.6. The Kier molecular flexibility index (Phi) is 4.10. The summed E-state index contributed by atoms with van der Waals surface area (Å²) in [4.78, 5) is 1.87. The molecule has 2 heterocycles. The maximum atomic E-state index is 10.6. The number of ether oxygens (including phenoxy) is 2. The Morgan fingerprint density at radius 1 is 1.50 bits per heavy atom. The molecule has 18 heavy (non-hydrogen) atoms. The van der Waals surface area contributed by atoms with E-state index in [0.717, 1.165) is 11.5 Å². The Hall–Kier alpha value is -0.830. The van der Waals surface area contributed by atoms with Crippen molar-refractivity contribution >= 4 is 21.5 Å². The summed E-state index contributed by atoms with van der Waals surface area (Å²) in [5, 5.41) is 3.75. The van der Waals surface area contributed by atoms with Gasteiger partial charge in [-0.25, -0.2) is 0 Å². The highest BCUT2D eigenvalue weighted by Gasteiger charge is 2.25. The van der Waals surface area contributed by atoms with Gasteiger partial charge < -0.3 is 9.47 Å². The summed E-state index contributed by atoms with van der Waals surface area (Å²) >= 11 is 1.51. The van der Waals surface area contributed by atoms with Gasteiger partial charge in [-0.3, -0.25) is 9.45 Å². The number of fused-ring (bicyclic) bond motifs is 1. The lowest BCUT2D eigenvalue weighted by atomic mass is 10.4. The molecule has 0 saturated heterocycles. The van der Waals surface area contributed by atoms with Crippen LogP contribution >= 0.6 is 11.3 Å². The van der Waals surface area contributed by atoms with E-state index in [-0.39, 0.29) is 12.0 Å². The molecular formula is C10H15NO5S2. The molecule has 0 bridgehead atoms. The van der Waals surface area contributed by atoms with Gasteiger partial charge >= 0.3 is 0 Å². The van der Waals surface area contributed by atoms with Crippen molar-refractivity contribution in [3.63, 3.8) is 0 Å². The normalized spacial score (nSPS) is 19.2. The summed E-state index contributed by atoms with van der Waals surface area (Å²) < 4.78 is 41.1. The summed E-state index contributed by atoms with van der Waals surface area (Å²) in [6, 6.07) is 0. The minimum atomic E-state index is -3.89. The first-order chi connectivity index (χ1) is 8.46. The molecule has 1 atom stereocenters. The highest BCUT2D eigenvalue weighted by Crippen LogP contribution is 2.35. The van der Waals surface area contributed by atoms with Crippen LogP contribution in [0.4, 0.5) is 0 Å². The van der Waals surface area contributed by atoms with Crippen LogP contribution in [0.3, 0.4) is 0 Å². The van der Waals surface area contributed by atoms with Crippen molar-refractivity contribution in [1.29, 1.82) is 0 Å². The molecule has 2 rings (SSSR count). The fourth-order valence-electron chi connectivity index (χ4n) is 1.66. The second kappa shape index (κ2) is 5.43. The maximum Gasteiger partial charge on any atom is 0.264 e. The van der Waals surface area contributed by atoms with Gasteiger partial charge in [-0.1, -0.05) is 0 Å². The highest BCUT2D eigenvalue weighted by molar-refractivity contribution is 7.85. The molecular weight excluding hydrogens is 278 g/mol. The molecule has 0 amide bonds. The van der Waals surface area contributed by atoms with Gasteiger partial charge in [-0.15, -0.1) is 11.3 Å². The van der Waals surface area contributed by atoms with Gasteiger partial charge in [0.05, 0.1) is 5.75 Å². The monoisotopic (exact) mass is 293 g/mol. The summed E-state index contributed by atoms with van der Waals surface area (Å²) in [5.41, 5.74) is 0. The van der Waals surface area contributed by atoms with Gasteiger partial charge in [-0.05, 0) is 13.5 Å². The van der Waals surface area contributed by atoms with Crippen LogP contribution in [-0.4, -0.2) is 50.1 Å². The fourth-order valence-corrected chi connectivity index (χ4v) is 2.83. The number of hydrogen-bond acceptors (Lipinski definition) is 6. The van der Waals surface area contributed by atoms with Crippen molar-refractivity contribution in [3.8, 4) is 11.5 Å². The van der Waals surface area contributed by atoms with E-state index in [1.807, 2.05) is 22.7 Å². The number of hydrogen-bond donors (Lipinski definition) is 1. The third-order valence-corrected chi connectivity index (χ3v) is 4.15. The van der Waals surface area contributed by atoms with E-state index in [1.54, 1.807) is 0 Å². The second-order valence-corrected chi connectivity index (χ2v) is 6.42. The average Bonchev–Trinajstić information content (AvgIpc) is 2.73. The molecule has 102 valence electrons. The molecule has 1 aromatic heterocycles. The zero-order chi connectivity index (χ0) is 13.2. The summed E-state index contributed by atoms with van der Waals surface area (Å²) in [5.74, 6) is 1.23. The minimum Gasteiger partial charge on any atom is -0.483 e. The van der Waals surface area contributed by atoms with Crippen molar-refractivity contribution in [2.24, 2.45) is 0 Å². The lowest BCUT2D eigenvalue weighted by molar-refractivity contribution is -0.0142. The highest BCUT2D eigenvalue weighted by atomic mass is 32.2. The topological polar surface area (TPSA) is 76.1 Å². The number of likely N-dealkylation sites (N-methyl/N-ethyl adjacent to an activating group) is 1. The Morgan fingerprint density at radius 3 is 2.94 bits per heavy atom. The summed E-state index contributed by atoms with van der Waals surface area (Å²) in [6.45, 7) is 0.916. The number of rotatable bonds is 5. The van der Waals surface area contributed by atoms with Crippen molar-refractivity contribution in [2.75, 3.05) is 26.0 Å². The zero-order valence-corrected chi connectivity index (χ0v) is 11.5. The lowest BCUT2D eigenvalue weighted by Gasteiger charge is -2.31. The first kappa shape index (κ1) is 13.6. The second-order valence-electron chi connectivity index (χ2n) is 4.10. The predicted octanol–water partition coefficient (Wildman–Crippen LogP) is 1.06. The van der Waals surface area contributed by atoms with Crippen LogP contribution < -0.4 is 9.47 Å². The summed E-state index contributed by atoms with van der Waals surface area (Å²) in [7, 11) is -2.06. The molecule has 6 nitrogen and oxygen atoms in total. The molecule has 0 saturated carbocycles. The third kappa shape index (κ3) is 3.58. The van der Waals surface area contributed by atoms with Crippen molar-refractivity contribution in [3.05, 3.63) is 10.8 Å². The van der Waals surface area contributed by atoms with E-state index >= 15 is 0 Å². The van der Waals surface area contributed by atoms with Gasteiger partial charge in [0.1, 0.15) is 6.61 Å². The van der Waals surface area contributed by atoms with Crippen LogP contribution in [0.2, 0.25) is 0 Å². The Labute approximate surface area is 110 Å². The summed E-state index contributed by atoms with van der Waals surface area (Å²) in [6.07, 6.45) is 0.125. The minimum absolute atomic E-state index is 0.228. The zero-order valence-electron chi connectivity index (χ0n) is 9.90. The van der Waals surface area contributed by atoms with E-state index in [4.69, 9.17) is 14.0 Å². The van der Waals surface area contributed by atoms with Crippen molar-refractivity contribution in [1.82, 2.24) is 4.90 Å². The standard InChI is InChI=1S/C10H15NO5S2/c1-11(3-2-4-18(12,13)14)10-5-15-8-6-17-7-9(8)16-10/h6-7,10H,2-5H2,1H3,(H,12,13,14). The molecule has 0 fully saturated rings. The van der Waals surface area contributed by atoms with Crippen LogP contribution in [0.1, 0.15) is 6.42 Å². The molecule has 0 radical (unpaired) electrons. The molecule has 8 heteroatoms. The Morgan fingerprint density at radius 2 is 2.22 bits per heavy atom. The predicted molar refractivity (Wildman–Crippen MR) is 67.9 cm³/mol. The average molecular weight is 293 g/mol. The molecule has 0 aliphatic carbocycles. The van der Waals surface area contributed by atoms with E-state index in [9.17, 15) is 8.42 Å². The quantitative estimate of drug-likeness (QED) is 0.818. The fraction of sp³-hybridized carbons (Fsp3) is 0.600. The van der Waals surface area contributed by atoms with Gasteiger partial charge in [0.25, 0.3) is 10.1 Å². The first-order valence-electron chi connectivity index (χ1n) is 5.47. The molecule has 1 aliphatic rings. The molecule has 1 unspecified atom stereocenters. The number of thiophene rings is 1. The van der Waals surface area contributed by atoms with E-state index in [0.29, 0.717) is 19.6 Å².